The number of hydrogen-bond donors (Lipinski definition) is 1. The topological polar surface area (TPSA) is 105 Å². The Balaban J connectivity index is 1.92. The maximum absolute atomic E-state index is 13.9. The smallest absolute Gasteiger partial charge is 0.244 e. The van der Waals surface area contributed by atoms with E-state index in [-0.39, 0.29) is 29.9 Å². The minimum atomic E-state index is -3.90. The van der Waals surface area contributed by atoms with Gasteiger partial charge in [-0.3, -0.25) is 13.9 Å². The fourth-order valence-electron chi connectivity index (χ4n) is 5.03. The van der Waals surface area contributed by atoms with E-state index in [0.717, 1.165) is 41.8 Å². The lowest BCUT2D eigenvalue weighted by molar-refractivity contribution is -0.140. The fourth-order valence-corrected chi connectivity index (χ4v) is 5.87. The van der Waals surface area contributed by atoms with Gasteiger partial charge in [0.1, 0.15) is 24.1 Å². The van der Waals surface area contributed by atoms with Crippen LogP contribution in [0.25, 0.3) is 0 Å². The first kappa shape index (κ1) is 30.3. The molecule has 0 aromatic heterocycles. The van der Waals surface area contributed by atoms with Gasteiger partial charge in [0.2, 0.25) is 21.8 Å². The molecule has 0 aliphatic heterocycles. The number of anilines is 1. The third-order valence-electron chi connectivity index (χ3n) is 7.16. The van der Waals surface area contributed by atoms with Crippen LogP contribution in [-0.4, -0.2) is 70.8 Å². The number of sulfonamides is 1. The molecule has 1 aliphatic carbocycles. The molecule has 3 rings (SSSR count). The molecule has 0 saturated heterocycles. The van der Waals surface area contributed by atoms with Crippen LogP contribution in [0.15, 0.2) is 48.5 Å². The standard InChI is InChI=1S/C29H41N3O6S/c1-5-25(29(34)30-23-14-10-7-11-15-23)31(19-18-22-12-8-6-9-13-22)28(33)21-32(39(4,35)36)26-20-24(37-2)16-17-27(26)38-3/h6,8-9,12-13,16-17,20,23,25H,5,7,10-11,14-15,18-19,21H2,1-4H3,(H,30,34)/t25-/m1/s1. The molecule has 1 N–H and O–H groups in total. The molecule has 2 aromatic carbocycles. The Morgan fingerprint density at radius 3 is 2.31 bits per heavy atom. The molecule has 2 aromatic rings. The highest BCUT2D eigenvalue weighted by Crippen LogP contribution is 2.34. The molecule has 0 unspecified atom stereocenters. The van der Waals surface area contributed by atoms with Crippen molar-refractivity contribution >= 4 is 27.5 Å². The van der Waals surface area contributed by atoms with E-state index in [9.17, 15) is 18.0 Å². The summed E-state index contributed by atoms with van der Waals surface area (Å²) in [6, 6.07) is 13.8. The van der Waals surface area contributed by atoms with E-state index in [0.29, 0.717) is 18.6 Å². The van der Waals surface area contributed by atoms with Gasteiger partial charge in [0, 0.05) is 18.7 Å². The molecular formula is C29H41N3O6S. The van der Waals surface area contributed by atoms with Crippen molar-refractivity contribution in [2.45, 2.75) is 64.0 Å². The van der Waals surface area contributed by atoms with Crippen molar-refractivity contribution in [3.63, 3.8) is 0 Å². The normalized spacial score (nSPS) is 14.8. The number of benzene rings is 2. The highest BCUT2D eigenvalue weighted by Gasteiger charge is 2.33. The Hall–Kier alpha value is -3.27. The van der Waals surface area contributed by atoms with Crippen LogP contribution < -0.4 is 19.1 Å². The first-order valence-electron chi connectivity index (χ1n) is 13.5. The van der Waals surface area contributed by atoms with Gasteiger partial charge in [-0.15, -0.1) is 0 Å². The molecule has 39 heavy (non-hydrogen) atoms. The molecule has 1 aliphatic rings. The number of amides is 2. The largest absolute Gasteiger partial charge is 0.497 e. The van der Waals surface area contributed by atoms with Crippen LogP contribution in [0, 0.1) is 0 Å². The summed E-state index contributed by atoms with van der Waals surface area (Å²) < 4.78 is 37.6. The fraction of sp³-hybridized carbons (Fsp3) is 0.517. The van der Waals surface area contributed by atoms with E-state index in [2.05, 4.69) is 5.32 Å². The number of carbonyl (C=O) groups excluding carboxylic acids is 2. The van der Waals surface area contributed by atoms with E-state index in [1.54, 1.807) is 12.1 Å². The Labute approximate surface area is 232 Å². The Morgan fingerprint density at radius 1 is 1.03 bits per heavy atom. The van der Waals surface area contributed by atoms with E-state index < -0.39 is 28.5 Å². The average Bonchev–Trinajstić information content (AvgIpc) is 2.93. The number of ether oxygens (including phenoxy) is 2. The van der Waals surface area contributed by atoms with Crippen molar-refractivity contribution < 1.29 is 27.5 Å². The van der Waals surface area contributed by atoms with Crippen LogP contribution >= 0.6 is 0 Å². The summed E-state index contributed by atoms with van der Waals surface area (Å²) in [4.78, 5) is 28.9. The molecule has 0 spiro atoms. The summed E-state index contributed by atoms with van der Waals surface area (Å²) in [6.45, 7) is 1.66. The van der Waals surface area contributed by atoms with Gasteiger partial charge in [0.25, 0.3) is 0 Å². The molecule has 0 heterocycles. The highest BCUT2D eigenvalue weighted by atomic mass is 32.2. The number of nitrogens with one attached hydrogen (secondary N) is 1. The summed E-state index contributed by atoms with van der Waals surface area (Å²) in [5, 5.41) is 3.15. The molecule has 10 heteroatoms. The van der Waals surface area contributed by atoms with Crippen molar-refractivity contribution in [3.05, 3.63) is 54.1 Å². The summed E-state index contributed by atoms with van der Waals surface area (Å²) in [5.41, 5.74) is 1.21. The second-order valence-corrected chi connectivity index (χ2v) is 11.8. The summed E-state index contributed by atoms with van der Waals surface area (Å²) in [5.74, 6) is 0.0422. The lowest BCUT2D eigenvalue weighted by atomic mass is 9.95. The highest BCUT2D eigenvalue weighted by molar-refractivity contribution is 7.92. The Bertz CT molecular complexity index is 1200. The van der Waals surface area contributed by atoms with Crippen molar-refractivity contribution in [1.29, 1.82) is 0 Å². The Morgan fingerprint density at radius 2 is 1.72 bits per heavy atom. The molecule has 214 valence electrons. The zero-order chi connectivity index (χ0) is 28.4. The minimum absolute atomic E-state index is 0.0972. The average molecular weight is 560 g/mol. The summed E-state index contributed by atoms with van der Waals surface area (Å²) in [6.07, 6.45) is 7.14. The van der Waals surface area contributed by atoms with Crippen LogP contribution in [0.5, 0.6) is 11.5 Å². The lowest BCUT2D eigenvalue weighted by Gasteiger charge is -2.34. The van der Waals surface area contributed by atoms with Crippen molar-refractivity contribution in [1.82, 2.24) is 10.2 Å². The second-order valence-electron chi connectivity index (χ2n) is 9.90. The first-order chi connectivity index (χ1) is 18.7. The number of carbonyl (C=O) groups is 2. The van der Waals surface area contributed by atoms with Gasteiger partial charge >= 0.3 is 0 Å². The van der Waals surface area contributed by atoms with Gasteiger partial charge in [0.05, 0.1) is 26.2 Å². The van der Waals surface area contributed by atoms with Crippen molar-refractivity contribution in [3.8, 4) is 11.5 Å². The predicted molar refractivity (Wildman–Crippen MR) is 153 cm³/mol. The zero-order valence-corrected chi connectivity index (χ0v) is 24.2. The Kier molecular flexibility index (Phi) is 11.0. The number of rotatable bonds is 13. The SMILES string of the molecule is CC[C@H](C(=O)NC1CCCCC1)N(CCc1ccccc1)C(=O)CN(c1cc(OC)ccc1OC)S(C)(=O)=O. The molecule has 0 radical (unpaired) electrons. The monoisotopic (exact) mass is 559 g/mol. The van der Waals surface area contributed by atoms with Gasteiger partial charge in [0.15, 0.2) is 0 Å². The first-order valence-corrected chi connectivity index (χ1v) is 15.4. The lowest BCUT2D eigenvalue weighted by Crippen LogP contribution is -2.54. The number of methoxy groups -OCH3 is 2. The van der Waals surface area contributed by atoms with E-state index in [1.807, 2.05) is 37.3 Å². The summed E-state index contributed by atoms with van der Waals surface area (Å²) >= 11 is 0. The maximum Gasteiger partial charge on any atom is 0.244 e. The molecule has 2 amide bonds. The predicted octanol–water partition coefficient (Wildman–Crippen LogP) is 3.77. The van der Waals surface area contributed by atoms with Crippen LogP contribution in [0.2, 0.25) is 0 Å². The van der Waals surface area contributed by atoms with E-state index in [4.69, 9.17) is 9.47 Å². The van der Waals surface area contributed by atoms with Crippen molar-refractivity contribution in [2.24, 2.45) is 0 Å². The van der Waals surface area contributed by atoms with Crippen molar-refractivity contribution in [2.75, 3.05) is 37.9 Å². The molecule has 1 fully saturated rings. The minimum Gasteiger partial charge on any atom is -0.497 e. The zero-order valence-electron chi connectivity index (χ0n) is 23.4. The third-order valence-corrected chi connectivity index (χ3v) is 8.28. The third kappa shape index (κ3) is 8.36. The van der Waals surface area contributed by atoms with Crippen LogP contribution in [0.1, 0.15) is 51.0 Å². The van der Waals surface area contributed by atoms with Gasteiger partial charge in [-0.05, 0) is 43.4 Å². The second kappa shape index (κ2) is 14.2. The molecule has 0 bridgehead atoms. The van der Waals surface area contributed by atoms with E-state index >= 15 is 0 Å². The molecule has 1 saturated carbocycles. The number of nitrogens with zero attached hydrogens (tertiary/aromatic N) is 2. The van der Waals surface area contributed by atoms with Gasteiger partial charge in [-0.25, -0.2) is 8.42 Å². The quantitative estimate of drug-likeness (QED) is 0.401. The number of hydrogen-bond acceptors (Lipinski definition) is 6. The van der Waals surface area contributed by atoms with Gasteiger partial charge < -0.3 is 19.7 Å². The van der Waals surface area contributed by atoms with Crippen LogP contribution in [-0.2, 0) is 26.0 Å². The summed E-state index contributed by atoms with van der Waals surface area (Å²) in [7, 11) is -0.988. The molecular weight excluding hydrogens is 518 g/mol. The van der Waals surface area contributed by atoms with Crippen LogP contribution in [0.4, 0.5) is 5.69 Å². The molecule has 9 nitrogen and oxygen atoms in total. The molecule has 1 atom stereocenters. The van der Waals surface area contributed by atoms with Gasteiger partial charge in [-0.1, -0.05) is 56.5 Å². The maximum atomic E-state index is 13.9. The van der Waals surface area contributed by atoms with Gasteiger partial charge in [-0.2, -0.15) is 0 Å². The van der Waals surface area contributed by atoms with Crippen LogP contribution in [0.3, 0.4) is 0 Å². The van der Waals surface area contributed by atoms with E-state index in [1.165, 1.54) is 31.6 Å².